The highest BCUT2D eigenvalue weighted by Gasteiger charge is 2.10. The minimum Gasteiger partial charge on any atom is -0.324 e. The van der Waals surface area contributed by atoms with Crippen molar-refractivity contribution in [2.24, 2.45) is 11.7 Å². The normalized spacial score (nSPS) is 13.3. The predicted octanol–water partition coefficient (Wildman–Crippen LogP) is 3.80. The van der Waals surface area contributed by atoms with E-state index in [1.165, 1.54) is 11.1 Å². The molecule has 0 bridgehead atoms. The SMILES string of the molecule is Cc1ccc(Br)cc1[C@H](N)CC(C)C. The van der Waals surface area contributed by atoms with Crippen LogP contribution in [-0.4, -0.2) is 0 Å². The van der Waals surface area contributed by atoms with Crippen molar-refractivity contribution >= 4 is 15.9 Å². The van der Waals surface area contributed by atoms with Crippen LogP contribution in [0.5, 0.6) is 0 Å². The summed E-state index contributed by atoms with van der Waals surface area (Å²) in [6.07, 6.45) is 1.04. The molecule has 78 valence electrons. The number of aryl methyl sites for hydroxylation is 1. The molecule has 0 spiro atoms. The zero-order valence-corrected chi connectivity index (χ0v) is 10.6. The Bertz CT molecular complexity index is 307. The molecule has 0 fully saturated rings. The van der Waals surface area contributed by atoms with Crippen molar-refractivity contribution in [1.29, 1.82) is 0 Å². The molecule has 0 aliphatic heterocycles. The minimum atomic E-state index is 0.160. The van der Waals surface area contributed by atoms with E-state index < -0.39 is 0 Å². The van der Waals surface area contributed by atoms with Crippen molar-refractivity contribution in [3.8, 4) is 0 Å². The summed E-state index contributed by atoms with van der Waals surface area (Å²) in [5.41, 5.74) is 8.68. The Kier molecular flexibility index (Phi) is 4.14. The molecule has 0 saturated heterocycles. The van der Waals surface area contributed by atoms with E-state index in [0.717, 1.165) is 10.9 Å². The van der Waals surface area contributed by atoms with Crippen molar-refractivity contribution in [3.63, 3.8) is 0 Å². The molecule has 0 aromatic heterocycles. The Morgan fingerprint density at radius 3 is 2.57 bits per heavy atom. The van der Waals surface area contributed by atoms with E-state index in [0.29, 0.717) is 5.92 Å². The van der Waals surface area contributed by atoms with Gasteiger partial charge in [-0.15, -0.1) is 0 Å². The van der Waals surface area contributed by atoms with Crippen LogP contribution in [0, 0.1) is 12.8 Å². The molecule has 1 nitrogen and oxygen atoms in total. The Morgan fingerprint density at radius 2 is 2.00 bits per heavy atom. The Balaban J connectivity index is 2.88. The van der Waals surface area contributed by atoms with E-state index in [9.17, 15) is 0 Å². The van der Waals surface area contributed by atoms with E-state index in [1.54, 1.807) is 0 Å². The van der Waals surface area contributed by atoms with Gasteiger partial charge in [0.05, 0.1) is 0 Å². The average Bonchev–Trinajstić information content (AvgIpc) is 2.08. The first-order chi connectivity index (χ1) is 6.50. The molecule has 14 heavy (non-hydrogen) atoms. The van der Waals surface area contributed by atoms with Gasteiger partial charge in [-0.3, -0.25) is 0 Å². The van der Waals surface area contributed by atoms with Crippen molar-refractivity contribution in [3.05, 3.63) is 33.8 Å². The monoisotopic (exact) mass is 255 g/mol. The Hall–Kier alpha value is -0.340. The molecule has 1 aromatic carbocycles. The van der Waals surface area contributed by atoms with Gasteiger partial charge in [-0.05, 0) is 42.5 Å². The third-order valence-electron chi connectivity index (χ3n) is 2.37. The average molecular weight is 256 g/mol. The van der Waals surface area contributed by atoms with Crippen LogP contribution in [0.3, 0.4) is 0 Å². The molecule has 0 aliphatic carbocycles. The van der Waals surface area contributed by atoms with Gasteiger partial charge in [-0.25, -0.2) is 0 Å². The molecule has 0 saturated carbocycles. The van der Waals surface area contributed by atoms with Gasteiger partial charge < -0.3 is 5.73 Å². The highest BCUT2D eigenvalue weighted by molar-refractivity contribution is 9.10. The zero-order valence-electron chi connectivity index (χ0n) is 9.05. The summed E-state index contributed by atoms with van der Waals surface area (Å²) in [6, 6.07) is 6.45. The summed E-state index contributed by atoms with van der Waals surface area (Å²) in [4.78, 5) is 0. The first-order valence-corrected chi connectivity index (χ1v) is 5.81. The van der Waals surface area contributed by atoms with Gasteiger partial charge >= 0.3 is 0 Å². The van der Waals surface area contributed by atoms with Gasteiger partial charge in [0.1, 0.15) is 0 Å². The maximum absolute atomic E-state index is 6.14. The van der Waals surface area contributed by atoms with E-state index in [2.05, 4.69) is 54.9 Å². The van der Waals surface area contributed by atoms with Crippen molar-refractivity contribution in [2.75, 3.05) is 0 Å². The van der Waals surface area contributed by atoms with Crippen molar-refractivity contribution < 1.29 is 0 Å². The lowest BCUT2D eigenvalue weighted by molar-refractivity contribution is 0.508. The van der Waals surface area contributed by atoms with Crippen LogP contribution in [0.15, 0.2) is 22.7 Å². The fourth-order valence-electron chi connectivity index (χ4n) is 1.65. The largest absolute Gasteiger partial charge is 0.324 e. The molecule has 1 rings (SSSR count). The van der Waals surface area contributed by atoms with Crippen LogP contribution in [0.4, 0.5) is 0 Å². The second-order valence-electron chi connectivity index (χ2n) is 4.24. The number of hydrogen-bond donors (Lipinski definition) is 1. The van der Waals surface area contributed by atoms with Crippen LogP contribution in [-0.2, 0) is 0 Å². The fourth-order valence-corrected chi connectivity index (χ4v) is 2.02. The highest BCUT2D eigenvalue weighted by atomic mass is 79.9. The molecule has 2 heteroatoms. The van der Waals surface area contributed by atoms with Gasteiger partial charge in [0, 0.05) is 10.5 Å². The van der Waals surface area contributed by atoms with Gasteiger partial charge in [0.25, 0.3) is 0 Å². The summed E-state index contributed by atoms with van der Waals surface area (Å²) < 4.78 is 1.11. The van der Waals surface area contributed by atoms with Gasteiger partial charge in [-0.1, -0.05) is 35.8 Å². The molecule has 1 atom stereocenters. The summed E-state index contributed by atoms with van der Waals surface area (Å²) >= 11 is 3.48. The van der Waals surface area contributed by atoms with E-state index in [1.807, 2.05) is 0 Å². The maximum atomic E-state index is 6.14. The lowest BCUT2D eigenvalue weighted by Gasteiger charge is -2.17. The molecule has 0 aliphatic rings. The van der Waals surface area contributed by atoms with E-state index >= 15 is 0 Å². The number of benzene rings is 1. The second kappa shape index (κ2) is 4.94. The molecule has 0 amide bonds. The summed E-state index contributed by atoms with van der Waals surface area (Å²) in [6.45, 7) is 6.52. The number of rotatable bonds is 3. The summed E-state index contributed by atoms with van der Waals surface area (Å²) in [5, 5.41) is 0. The van der Waals surface area contributed by atoms with Crippen LogP contribution < -0.4 is 5.73 Å². The maximum Gasteiger partial charge on any atom is 0.0300 e. The van der Waals surface area contributed by atoms with Gasteiger partial charge in [0.2, 0.25) is 0 Å². The predicted molar refractivity (Wildman–Crippen MR) is 65.3 cm³/mol. The first kappa shape index (κ1) is 11.7. The smallest absolute Gasteiger partial charge is 0.0300 e. The zero-order chi connectivity index (χ0) is 10.7. The molecule has 0 heterocycles. The highest BCUT2D eigenvalue weighted by Crippen LogP contribution is 2.24. The van der Waals surface area contributed by atoms with E-state index in [4.69, 9.17) is 5.73 Å². The summed E-state index contributed by atoms with van der Waals surface area (Å²) in [7, 11) is 0. The van der Waals surface area contributed by atoms with E-state index in [-0.39, 0.29) is 6.04 Å². The standard InChI is InChI=1S/C12H18BrN/c1-8(2)6-12(14)11-7-10(13)5-4-9(11)3/h4-5,7-8,12H,6,14H2,1-3H3/t12-/m1/s1. The molecule has 1 aromatic rings. The Labute approximate surface area is 94.8 Å². The van der Waals surface area contributed by atoms with Crippen LogP contribution in [0.25, 0.3) is 0 Å². The number of hydrogen-bond acceptors (Lipinski definition) is 1. The number of nitrogens with two attached hydrogens (primary N) is 1. The summed E-state index contributed by atoms with van der Waals surface area (Å²) in [5.74, 6) is 0.642. The van der Waals surface area contributed by atoms with Crippen LogP contribution in [0.1, 0.15) is 37.4 Å². The molecular formula is C12H18BrN. The van der Waals surface area contributed by atoms with Gasteiger partial charge in [0.15, 0.2) is 0 Å². The van der Waals surface area contributed by atoms with Crippen molar-refractivity contribution in [1.82, 2.24) is 0 Å². The number of halogens is 1. The fraction of sp³-hybridized carbons (Fsp3) is 0.500. The quantitative estimate of drug-likeness (QED) is 0.874. The third-order valence-corrected chi connectivity index (χ3v) is 2.86. The molecule has 0 unspecified atom stereocenters. The third kappa shape index (κ3) is 3.10. The molecule has 0 radical (unpaired) electrons. The topological polar surface area (TPSA) is 26.0 Å². The van der Waals surface area contributed by atoms with Crippen LogP contribution in [0.2, 0.25) is 0 Å². The molecular weight excluding hydrogens is 238 g/mol. The second-order valence-corrected chi connectivity index (χ2v) is 5.15. The lowest BCUT2D eigenvalue weighted by atomic mass is 9.95. The van der Waals surface area contributed by atoms with Crippen molar-refractivity contribution in [2.45, 2.75) is 33.2 Å². The Morgan fingerprint density at radius 1 is 1.36 bits per heavy atom. The minimum absolute atomic E-state index is 0.160. The van der Waals surface area contributed by atoms with Gasteiger partial charge in [-0.2, -0.15) is 0 Å². The first-order valence-electron chi connectivity index (χ1n) is 5.02. The lowest BCUT2D eigenvalue weighted by Crippen LogP contribution is -2.14. The molecule has 2 N–H and O–H groups in total. The van der Waals surface area contributed by atoms with Crippen LogP contribution >= 0.6 is 15.9 Å².